The van der Waals surface area contributed by atoms with Gasteiger partial charge in [0.15, 0.2) is 0 Å². The number of rotatable bonds is 5. The molecule has 2 amide bonds. The van der Waals surface area contributed by atoms with Gasteiger partial charge in [-0.25, -0.2) is 0 Å². The number of hydrogen-bond donors (Lipinski definition) is 0. The lowest BCUT2D eigenvalue weighted by Crippen LogP contribution is -2.39. The molecule has 146 valence electrons. The molecule has 0 N–H and O–H groups in total. The zero-order valence-corrected chi connectivity index (χ0v) is 16.1. The molecule has 3 heterocycles. The first-order valence-corrected chi connectivity index (χ1v) is 9.73. The molecule has 2 aliphatic rings. The second-order valence-electron chi connectivity index (χ2n) is 7.65. The van der Waals surface area contributed by atoms with Crippen LogP contribution in [0.5, 0.6) is 5.75 Å². The van der Waals surface area contributed by atoms with Crippen LogP contribution in [0.3, 0.4) is 0 Å². The van der Waals surface area contributed by atoms with E-state index in [4.69, 9.17) is 4.74 Å². The van der Waals surface area contributed by atoms with Crippen molar-refractivity contribution in [3.8, 4) is 5.75 Å². The molecule has 1 spiro atoms. The van der Waals surface area contributed by atoms with Gasteiger partial charge < -0.3 is 14.5 Å². The van der Waals surface area contributed by atoms with Gasteiger partial charge in [0.1, 0.15) is 5.75 Å². The molecule has 1 aromatic heterocycles. The van der Waals surface area contributed by atoms with Gasteiger partial charge in [0.25, 0.3) is 5.91 Å². The Morgan fingerprint density at radius 1 is 1.18 bits per heavy atom. The molecule has 0 aliphatic carbocycles. The molecule has 28 heavy (non-hydrogen) atoms. The number of nitrogens with zero attached hydrogens (tertiary/aromatic N) is 3. The number of carbonyl (C=O) groups excluding carboxylic acids is 2. The highest BCUT2D eigenvalue weighted by molar-refractivity contribution is 5.95. The molecule has 2 aliphatic heterocycles. The fourth-order valence-electron chi connectivity index (χ4n) is 4.27. The molecule has 1 aromatic carbocycles. The highest BCUT2D eigenvalue weighted by Crippen LogP contribution is 2.41. The summed E-state index contributed by atoms with van der Waals surface area (Å²) >= 11 is 0. The Kier molecular flexibility index (Phi) is 5.03. The highest BCUT2D eigenvalue weighted by atomic mass is 16.5. The van der Waals surface area contributed by atoms with Gasteiger partial charge in [0, 0.05) is 32.4 Å². The van der Waals surface area contributed by atoms with E-state index >= 15 is 0 Å². The second kappa shape index (κ2) is 7.62. The number of aromatic nitrogens is 1. The lowest BCUT2D eigenvalue weighted by molar-refractivity contribution is -0.135. The Labute approximate surface area is 165 Å². The smallest absolute Gasteiger partial charge is 0.255 e. The summed E-state index contributed by atoms with van der Waals surface area (Å²) in [6, 6.07) is 11.9. The second-order valence-corrected chi connectivity index (χ2v) is 7.65. The normalized spacial score (nSPS) is 21.5. The van der Waals surface area contributed by atoms with E-state index in [9.17, 15) is 9.59 Å². The lowest BCUT2D eigenvalue weighted by atomic mass is 9.85. The Morgan fingerprint density at radius 2 is 1.96 bits per heavy atom. The summed E-state index contributed by atoms with van der Waals surface area (Å²) in [6.45, 7) is 2.60. The minimum Gasteiger partial charge on any atom is -0.495 e. The first-order chi connectivity index (χ1) is 13.6. The molecule has 1 unspecified atom stereocenters. The van der Waals surface area contributed by atoms with E-state index < -0.39 is 5.41 Å². The van der Waals surface area contributed by atoms with Gasteiger partial charge in [0.05, 0.1) is 24.3 Å². The predicted molar refractivity (Wildman–Crippen MR) is 105 cm³/mol. The van der Waals surface area contributed by atoms with E-state index in [0.29, 0.717) is 24.4 Å². The molecule has 4 rings (SSSR count). The van der Waals surface area contributed by atoms with Crippen LogP contribution in [-0.4, -0.2) is 59.9 Å². The summed E-state index contributed by atoms with van der Waals surface area (Å²) in [7, 11) is 1.55. The molecule has 6 nitrogen and oxygen atoms in total. The van der Waals surface area contributed by atoms with Crippen LogP contribution in [0.4, 0.5) is 0 Å². The fraction of sp³-hybridized carbons (Fsp3) is 0.409. The van der Waals surface area contributed by atoms with Gasteiger partial charge in [-0.15, -0.1) is 0 Å². The summed E-state index contributed by atoms with van der Waals surface area (Å²) in [5.74, 6) is 0.671. The minimum atomic E-state index is -0.418. The van der Waals surface area contributed by atoms with Crippen LogP contribution in [0.15, 0.2) is 48.8 Å². The largest absolute Gasteiger partial charge is 0.495 e. The fourth-order valence-corrected chi connectivity index (χ4v) is 4.27. The van der Waals surface area contributed by atoms with E-state index in [0.717, 1.165) is 32.4 Å². The summed E-state index contributed by atoms with van der Waals surface area (Å²) < 4.78 is 5.16. The van der Waals surface area contributed by atoms with Crippen molar-refractivity contribution in [2.24, 2.45) is 5.41 Å². The zero-order chi connectivity index (χ0) is 19.6. The third-order valence-corrected chi connectivity index (χ3v) is 5.95. The third-order valence-electron chi connectivity index (χ3n) is 5.95. The molecule has 2 aromatic rings. The van der Waals surface area contributed by atoms with Crippen molar-refractivity contribution in [1.82, 2.24) is 14.8 Å². The topological polar surface area (TPSA) is 62.7 Å². The third kappa shape index (κ3) is 3.46. The maximum atomic E-state index is 13.1. The quantitative estimate of drug-likeness (QED) is 0.800. The zero-order valence-electron chi connectivity index (χ0n) is 16.1. The number of ether oxygens (including phenoxy) is 1. The Balaban J connectivity index is 1.40. The van der Waals surface area contributed by atoms with Gasteiger partial charge in [-0.3, -0.25) is 14.6 Å². The maximum absolute atomic E-state index is 13.1. The molecule has 0 saturated carbocycles. The molecule has 0 bridgehead atoms. The van der Waals surface area contributed by atoms with Gasteiger partial charge in [-0.1, -0.05) is 30.3 Å². The minimum absolute atomic E-state index is 0.0844. The van der Waals surface area contributed by atoms with E-state index in [-0.39, 0.29) is 11.8 Å². The SMILES string of the molecule is COc1cncc(C(=O)N2CCC3(CCN(CCc4ccccc4)C3=O)C2)c1. The number of hydrogen-bond acceptors (Lipinski definition) is 4. The van der Waals surface area contributed by atoms with Gasteiger partial charge in [-0.2, -0.15) is 0 Å². The van der Waals surface area contributed by atoms with Crippen LogP contribution in [0.2, 0.25) is 0 Å². The summed E-state index contributed by atoms with van der Waals surface area (Å²) in [6.07, 6.45) is 5.55. The number of likely N-dealkylation sites (tertiary alicyclic amines) is 2. The van der Waals surface area contributed by atoms with Crippen LogP contribution >= 0.6 is 0 Å². The maximum Gasteiger partial charge on any atom is 0.255 e. The molecule has 2 fully saturated rings. The summed E-state index contributed by atoms with van der Waals surface area (Å²) in [5.41, 5.74) is 1.33. The van der Waals surface area contributed by atoms with Crippen molar-refractivity contribution >= 4 is 11.8 Å². The van der Waals surface area contributed by atoms with Gasteiger partial charge >= 0.3 is 0 Å². The number of carbonyl (C=O) groups is 2. The van der Waals surface area contributed by atoms with Crippen molar-refractivity contribution < 1.29 is 14.3 Å². The van der Waals surface area contributed by atoms with E-state index in [1.807, 2.05) is 23.1 Å². The standard InChI is InChI=1S/C22H25N3O3/c1-28-19-13-18(14-23-15-19)20(26)25-12-9-22(16-25)8-11-24(21(22)27)10-7-17-5-3-2-4-6-17/h2-6,13-15H,7-12,16H2,1H3. The monoisotopic (exact) mass is 379 g/mol. The highest BCUT2D eigenvalue weighted by Gasteiger charge is 2.51. The number of benzene rings is 1. The molecule has 0 radical (unpaired) electrons. The van der Waals surface area contributed by atoms with Crippen molar-refractivity contribution in [1.29, 1.82) is 0 Å². The Hall–Kier alpha value is -2.89. The molecule has 6 heteroatoms. The first kappa shape index (κ1) is 18.5. The van der Waals surface area contributed by atoms with Crippen molar-refractivity contribution in [3.63, 3.8) is 0 Å². The average Bonchev–Trinajstić information content (AvgIpc) is 3.31. The van der Waals surface area contributed by atoms with Crippen LogP contribution in [0, 0.1) is 5.41 Å². The number of methoxy groups -OCH3 is 1. The first-order valence-electron chi connectivity index (χ1n) is 9.73. The van der Waals surface area contributed by atoms with Crippen LogP contribution in [-0.2, 0) is 11.2 Å². The Bertz CT molecular complexity index is 870. The van der Waals surface area contributed by atoms with E-state index in [1.165, 1.54) is 5.56 Å². The summed E-state index contributed by atoms with van der Waals surface area (Å²) in [4.78, 5) is 33.8. The van der Waals surface area contributed by atoms with Crippen molar-refractivity contribution in [3.05, 3.63) is 59.9 Å². The van der Waals surface area contributed by atoms with E-state index in [2.05, 4.69) is 17.1 Å². The average molecular weight is 379 g/mol. The number of amides is 2. The van der Waals surface area contributed by atoms with Crippen LogP contribution in [0.1, 0.15) is 28.8 Å². The predicted octanol–water partition coefficient (Wildman–Crippen LogP) is 2.40. The molecular formula is C22H25N3O3. The Morgan fingerprint density at radius 3 is 2.75 bits per heavy atom. The molecule has 1 atom stereocenters. The number of pyridine rings is 1. The van der Waals surface area contributed by atoms with Gasteiger partial charge in [0.2, 0.25) is 5.91 Å². The van der Waals surface area contributed by atoms with Gasteiger partial charge in [-0.05, 0) is 30.9 Å². The van der Waals surface area contributed by atoms with Crippen LogP contribution in [0.25, 0.3) is 0 Å². The molecule has 2 saturated heterocycles. The summed E-state index contributed by atoms with van der Waals surface area (Å²) in [5, 5.41) is 0. The lowest BCUT2D eigenvalue weighted by Gasteiger charge is -2.24. The van der Waals surface area contributed by atoms with E-state index in [1.54, 1.807) is 30.5 Å². The molecular weight excluding hydrogens is 354 g/mol. The van der Waals surface area contributed by atoms with Crippen LogP contribution < -0.4 is 4.74 Å². The van der Waals surface area contributed by atoms with Crippen molar-refractivity contribution in [2.75, 3.05) is 33.3 Å². The van der Waals surface area contributed by atoms with Crippen molar-refractivity contribution in [2.45, 2.75) is 19.3 Å².